The van der Waals surface area contributed by atoms with Gasteiger partial charge in [-0.25, -0.2) is 0 Å². The number of tetrazole rings is 1. The van der Waals surface area contributed by atoms with Gasteiger partial charge in [0, 0.05) is 36.3 Å². The van der Waals surface area contributed by atoms with Crippen LogP contribution in [0.1, 0.15) is 54.1 Å². The highest BCUT2D eigenvalue weighted by molar-refractivity contribution is 5.96. The van der Waals surface area contributed by atoms with Crippen LogP contribution in [-0.4, -0.2) is 87.8 Å². The van der Waals surface area contributed by atoms with Crippen LogP contribution in [0.3, 0.4) is 0 Å². The van der Waals surface area contributed by atoms with Gasteiger partial charge in [-0.1, -0.05) is 18.2 Å². The minimum Gasteiger partial charge on any atom is -0.493 e. The fourth-order valence-corrected chi connectivity index (χ4v) is 6.51. The maximum absolute atomic E-state index is 13.6. The molecule has 11 nitrogen and oxygen atoms in total. The maximum atomic E-state index is 13.6. The number of carbonyl (C=O) groups is 2. The zero-order valence-electron chi connectivity index (χ0n) is 23.7. The van der Waals surface area contributed by atoms with Crippen LogP contribution < -0.4 is 14.8 Å². The van der Waals surface area contributed by atoms with Gasteiger partial charge in [-0.2, -0.15) is 4.80 Å². The van der Waals surface area contributed by atoms with Crippen molar-refractivity contribution in [2.24, 2.45) is 13.0 Å². The summed E-state index contributed by atoms with van der Waals surface area (Å²) in [6.07, 6.45) is 4.71. The van der Waals surface area contributed by atoms with E-state index in [1.54, 1.807) is 43.3 Å². The van der Waals surface area contributed by atoms with Gasteiger partial charge in [-0.3, -0.25) is 14.5 Å². The van der Waals surface area contributed by atoms with Crippen LogP contribution in [0.2, 0.25) is 0 Å². The van der Waals surface area contributed by atoms with Gasteiger partial charge in [-0.15, -0.1) is 10.2 Å². The molecule has 3 aliphatic heterocycles. The SMILES string of the molecule is COc1ccc2cc1OCCCCN(C(=O)c1ccc(-c3nnn(C)n3)cc1)CC(=O)NC[C@H]1C[C@H]2N2CCC[C@@H]12. The Bertz CT molecular complexity index is 1390. The molecular formula is C30H37N7O4. The zero-order valence-corrected chi connectivity index (χ0v) is 23.7. The zero-order chi connectivity index (χ0) is 28.3. The predicted molar refractivity (Wildman–Crippen MR) is 151 cm³/mol. The van der Waals surface area contributed by atoms with Crippen molar-refractivity contribution in [1.82, 2.24) is 35.3 Å². The van der Waals surface area contributed by atoms with E-state index in [1.807, 2.05) is 6.07 Å². The van der Waals surface area contributed by atoms with Gasteiger partial charge in [0.2, 0.25) is 11.7 Å². The Balaban J connectivity index is 1.20. The van der Waals surface area contributed by atoms with Crippen molar-refractivity contribution in [1.29, 1.82) is 0 Å². The summed E-state index contributed by atoms with van der Waals surface area (Å²) in [5, 5.41) is 15.3. The van der Waals surface area contributed by atoms with Crippen molar-refractivity contribution in [2.45, 2.75) is 44.2 Å². The minimum atomic E-state index is -0.182. The number of amides is 2. The summed E-state index contributed by atoms with van der Waals surface area (Å²) in [7, 11) is 3.37. The number of aryl methyl sites for hydroxylation is 1. The number of rotatable bonds is 3. The van der Waals surface area contributed by atoms with E-state index >= 15 is 0 Å². The molecule has 0 aliphatic carbocycles. The van der Waals surface area contributed by atoms with Crippen LogP contribution in [0, 0.1) is 5.92 Å². The number of fused-ring (bicyclic) bond motifs is 8. The van der Waals surface area contributed by atoms with Crippen LogP contribution >= 0.6 is 0 Å². The van der Waals surface area contributed by atoms with E-state index in [9.17, 15) is 9.59 Å². The highest BCUT2D eigenvalue weighted by Crippen LogP contribution is 2.46. The van der Waals surface area contributed by atoms with Gasteiger partial charge in [-0.05, 0) is 79.6 Å². The Hall–Kier alpha value is -3.99. The number of hydrogen-bond acceptors (Lipinski definition) is 8. The summed E-state index contributed by atoms with van der Waals surface area (Å²) in [5.74, 6) is 2.03. The number of hydrogen-bond donors (Lipinski definition) is 1. The monoisotopic (exact) mass is 559 g/mol. The Labute approximate surface area is 239 Å². The first-order chi connectivity index (χ1) is 20.0. The Kier molecular flexibility index (Phi) is 7.86. The maximum Gasteiger partial charge on any atom is 0.254 e. The minimum absolute atomic E-state index is 0.0184. The predicted octanol–water partition coefficient (Wildman–Crippen LogP) is 2.84. The summed E-state index contributed by atoms with van der Waals surface area (Å²) in [6.45, 7) is 2.63. The number of ether oxygens (including phenoxy) is 2. The second-order valence-electron chi connectivity index (χ2n) is 11.1. The van der Waals surface area contributed by atoms with Crippen molar-refractivity contribution >= 4 is 11.8 Å². The molecule has 2 amide bonds. The first-order valence-corrected chi connectivity index (χ1v) is 14.5. The van der Waals surface area contributed by atoms with Gasteiger partial charge >= 0.3 is 0 Å². The van der Waals surface area contributed by atoms with Crippen LogP contribution in [-0.2, 0) is 11.8 Å². The first kappa shape index (κ1) is 27.2. The van der Waals surface area contributed by atoms with Crippen molar-refractivity contribution in [3.05, 3.63) is 53.6 Å². The van der Waals surface area contributed by atoms with E-state index in [0.717, 1.165) is 42.9 Å². The average Bonchev–Trinajstić information content (AvgIpc) is 3.72. The number of nitrogens with one attached hydrogen (secondary N) is 1. The molecule has 3 aliphatic rings. The Morgan fingerprint density at radius 3 is 2.73 bits per heavy atom. The van der Waals surface area contributed by atoms with Crippen molar-refractivity contribution in [2.75, 3.05) is 39.9 Å². The van der Waals surface area contributed by atoms with Gasteiger partial charge < -0.3 is 19.7 Å². The molecule has 2 fully saturated rings. The third kappa shape index (κ3) is 5.76. The lowest BCUT2D eigenvalue weighted by molar-refractivity contribution is -0.122. The molecule has 3 aromatic rings. The second-order valence-corrected chi connectivity index (χ2v) is 11.1. The summed E-state index contributed by atoms with van der Waals surface area (Å²) in [4.78, 5) is 32.3. The van der Waals surface area contributed by atoms with Crippen LogP contribution in [0.25, 0.3) is 11.4 Å². The molecule has 0 radical (unpaired) electrons. The molecule has 1 N–H and O–H groups in total. The van der Waals surface area contributed by atoms with Gasteiger partial charge in [0.1, 0.15) is 0 Å². The van der Waals surface area contributed by atoms with Gasteiger partial charge in [0.25, 0.3) is 5.91 Å². The van der Waals surface area contributed by atoms with Crippen LogP contribution in [0.4, 0.5) is 0 Å². The lowest BCUT2D eigenvalue weighted by Gasteiger charge is -2.25. The standard InChI is InChI=1S/C30H37N7O4/c1-35-33-29(32-34-35)20-7-9-21(10-8-20)30(39)36-13-3-4-15-41-27-17-22(11-12-26(27)40-2)25-16-23(18-31-28(38)19-36)24-6-5-14-37(24)25/h7-12,17,23-25H,3-6,13-16,18-19H2,1-2H3,(H,31,38)/t23-,24+,25-/m1/s1. The van der Waals surface area contributed by atoms with Crippen molar-refractivity contribution < 1.29 is 19.1 Å². The highest BCUT2D eigenvalue weighted by atomic mass is 16.5. The molecule has 216 valence electrons. The summed E-state index contributed by atoms with van der Waals surface area (Å²) in [5.41, 5.74) is 2.53. The molecule has 2 saturated heterocycles. The van der Waals surface area contributed by atoms with Crippen LogP contribution in [0.15, 0.2) is 42.5 Å². The topological polar surface area (TPSA) is 115 Å². The number of benzene rings is 2. The quantitative estimate of drug-likeness (QED) is 0.521. The normalized spacial score (nSPS) is 23.5. The lowest BCUT2D eigenvalue weighted by atomic mass is 9.94. The Morgan fingerprint density at radius 1 is 1.10 bits per heavy atom. The summed E-state index contributed by atoms with van der Waals surface area (Å²) in [6, 6.07) is 14.1. The number of aromatic nitrogens is 4. The Morgan fingerprint density at radius 2 is 1.95 bits per heavy atom. The van der Waals surface area contributed by atoms with Crippen molar-refractivity contribution in [3.8, 4) is 22.9 Å². The third-order valence-electron chi connectivity index (χ3n) is 8.55. The number of nitrogens with zero attached hydrogens (tertiary/aromatic N) is 6. The summed E-state index contributed by atoms with van der Waals surface area (Å²) < 4.78 is 11.8. The number of methoxy groups -OCH3 is 1. The first-order valence-electron chi connectivity index (χ1n) is 14.5. The number of carbonyl (C=O) groups excluding carboxylic acids is 2. The second kappa shape index (κ2) is 11.9. The molecule has 6 rings (SSSR count). The van der Waals surface area contributed by atoms with Gasteiger partial charge in [0.15, 0.2) is 11.5 Å². The van der Waals surface area contributed by atoms with E-state index < -0.39 is 0 Å². The molecule has 1 aromatic heterocycles. The van der Waals surface area contributed by atoms with Crippen molar-refractivity contribution in [3.63, 3.8) is 0 Å². The van der Waals surface area contributed by atoms with Crippen LogP contribution in [0.5, 0.6) is 11.5 Å². The lowest BCUT2D eigenvalue weighted by Crippen LogP contribution is -2.43. The molecule has 3 atom stereocenters. The summed E-state index contributed by atoms with van der Waals surface area (Å²) >= 11 is 0. The molecule has 0 spiro atoms. The largest absolute Gasteiger partial charge is 0.493 e. The molecule has 0 saturated carbocycles. The van der Waals surface area contributed by atoms with E-state index in [0.29, 0.717) is 55.5 Å². The molecule has 4 bridgehead atoms. The van der Waals surface area contributed by atoms with Gasteiger partial charge in [0.05, 0.1) is 27.3 Å². The fraction of sp³-hybridized carbons (Fsp3) is 0.500. The van der Waals surface area contributed by atoms with E-state index in [2.05, 4.69) is 37.8 Å². The molecule has 41 heavy (non-hydrogen) atoms. The van der Waals surface area contributed by atoms with E-state index in [-0.39, 0.29) is 18.4 Å². The van der Waals surface area contributed by atoms with E-state index in [4.69, 9.17) is 9.47 Å². The average molecular weight is 560 g/mol. The smallest absolute Gasteiger partial charge is 0.254 e. The molecule has 2 aromatic carbocycles. The third-order valence-corrected chi connectivity index (χ3v) is 8.55. The van der Waals surface area contributed by atoms with E-state index in [1.165, 1.54) is 16.8 Å². The molecule has 0 unspecified atom stereocenters. The highest BCUT2D eigenvalue weighted by Gasteiger charge is 2.44. The molecule has 4 heterocycles. The molecule has 11 heteroatoms. The molecular weight excluding hydrogens is 522 g/mol. The fourth-order valence-electron chi connectivity index (χ4n) is 6.51.